The van der Waals surface area contributed by atoms with Crippen LogP contribution in [-0.2, 0) is 6.42 Å². The van der Waals surface area contributed by atoms with E-state index in [-0.39, 0.29) is 12.2 Å². The van der Waals surface area contributed by atoms with Crippen LogP contribution in [0.4, 0.5) is 4.39 Å². The van der Waals surface area contributed by atoms with Crippen LogP contribution in [0.1, 0.15) is 17.3 Å². The third-order valence-electron chi connectivity index (χ3n) is 2.79. The number of rotatable bonds is 4. The molecule has 1 atom stereocenters. The SMILES string of the molecule is NNC(Cc1c(F)cccc1Cl)c1ncccc1Cl. The number of aromatic nitrogens is 1. The van der Waals surface area contributed by atoms with E-state index in [1.54, 1.807) is 30.5 Å². The molecule has 0 aliphatic heterocycles. The van der Waals surface area contributed by atoms with Crippen LogP contribution in [0, 0.1) is 5.82 Å². The van der Waals surface area contributed by atoms with E-state index in [0.29, 0.717) is 21.3 Å². The molecule has 0 radical (unpaired) electrons. The first-order valence-electron chi connectivity index (χ1n) is 5.63. The van der Waals surface area contributed by atoms with Gasteiger partial charge in [0.25, 0.3) is 0 Å². The highest BCUT2D eigenvalue weighted by atomic mass is 35.5. The molecule has 0 aliphatic carbocycles. The number of hydrogen-bond donors (Lipinski definition) is 2. The van der Waals surface area contributed by atoms with Gasteiger partial charge in [0.1, 0.15) is 5.82 Å². The highest BCUT2D eigenvalue weighted by Crippen LogP contribution is 2.27. The zero-order chi connectivity index (χ0) is 13.8. The van der Waals surface area contributed by atoms with Crippen LogP contribution in [0.3, 0.4) is 0 Å². The Kier molecular flexibility index (Phi) is 4.71. The zero-order valence-electron chi connectivity index (χ0n) is 9.91. The van der Waals surface area contributed by atoms with Crippen molar-refractivity contribution in [2.45, 2.75) is 12.5 Å². The average Bonchev–Trinajstić information content (AvgIpc) is 2.40. The number of nitrogens with one attached hydrogen (secondary N) is 1. The van der Waals surface area contributed by atoms with Crippen molar-refractivity contribution < 1.29 is 4.39 Å². The normalized spacial score (nSPS) is 12.4. The number of nitrogens with zero attached hydrogens (tertiary/aromatic N) is 1. The van der Waals surface area contributed by atoms with E-state index in [1.165, 1.54) is 6.07 Å². The maximum Gasteiger partial charge on any atom is 0.127 e. The molecule has 1 aromatic carbocycles. The predicted molar refractivity (Wildman–Crippen MR) is 74.4 cm³/mol. The van der Waals surface area contributed by atoms with Gasteiger partial charge in [0.05, 0.1) is 16.8 Å². The Morgan fingerprint density at radius 1 is 1.21 bits per heavy atom. The summed E-state index contributed by atoms with van der Waals surface area (Å²) < 4.78 is 13.8. The smallest absolute Gasteiger partial charge is 0.127 e. The predicted octanol–water partition coefficient (Wildman–Crippen LogP) is 3.27. The van der Waals surface area contributed by atoms with Crippen molar-refractivity contribution in [2.75, 3.05) is 0 Å². The first-order valence-corrected chi connectivity index (χ1v) is 6.38. The summed E-state index contributed by atoms with van der Waals surface area (Å²) >= 11 is 12.1. The molecule has 3 N–H and O–H groups in total. The van der Waals surface area contributed by atoms with Gasteiger partial charge in [0, 0.05) is 16.8 Å². The quantitative estimate of drug-likeness (QED) is 0.673. The summed E-state index contributed by atoms with van der Waals surface area (Å²) in [7, 11) is 0. The summed E-state index contributed by atoms with van der Waals surface area (Å²) in [4.78, 5) is 4.16. The fourth-order valence-corrected chi connectivity index (χ4v) is 2.31. The second-order valence-corrected chi connectivity index (χ2v) is 4.81. The second kappa shape index (κ2) is 6.30. The summed E-state index contributed by atoms with van der Waals surface area (Å²) in [5.41, 5.74) is 3.53. The standard InChI is InChI=1S/C13H12Cl2FN3/c14-9-3-1-5-11(16)8(9)7-12(19-17)13-10(15)4-2-6-18-13/h1-6,12,19H,7,17H2. The Hall–Kier alpha value is -1.20. The monoisotopic (exact) mass is 299 g/mol. The topological polar surface area (TPSA) is 50.9 Å². The van der Waals surface area contributed by atoms with Crippen LogP contribution < -0.4 is 11.3 Å². The van der Waals surface area contributed by atoms with Crippen molar-refractivity contribution >= 4 is 23.2 Å². The van der Waals surface area contributed by atoms with Crippen LogP contribution in [0.25, 0.3) is 0 Å². The molecule has 2 aromatic rings. The van der Waals surface area contributed by atoms with E-state index in [0.717, 1.165) is 0 Å². The Balaban J connectivity index is 2.32. The molecule has 100 valence electrons. The number of hydrazine groups is 1. The number of pyridine rings is 1. The van der Waals surface area contributed by atoms with Crippen molar-refractivity contribution in [2.24, 2.45) is 5.84 Å². The molecule has 2 rings (SSSR count). The molecule has 1 aromatic heterocycles. The summed E-state index contributed by atoms with van der Waals surface area (Å²) in [6.07, 6.45) is 1.87. The molecule has 0 bridgehead atoms. The van der Waals surface area contributed by atoms with Gasteiger partial charge in [0.2, 0.25) is 0 Å². The van der Waals surface area contributed by atoms with Crippen LogP contribution in [0.15, 0.2) is 36.5 Å². The minimum Gasteiger partial charge on any atom is -0.271 e. The van der Waals surface area contributed by atoms with E-state index >= 15 is 0 Å². The minimum atomic E-state index is -0.414. The molecular formula is C13H12Cl2FN3. The Morgan fingerprint density at radius 2 is 1.95 bits per heavy atom. The summed E-state index contributed by atoms with van der Waals surface area (Å²) in [6, 6.07) is 7.55. The average molecular weight is 300 g/mol. The third kappa shape index (κ3) is 3.22. The molecule has 1 unspecified atom stereocenters. The first-order chi connectivity index (χ1) is 9.13. The molecule has 6 heteroatoms. The van der Waals surface area contributed by atoms with Crippen molar-refractivity contribution in [1.82, 2.24) is 10.4 Å². The van der Waals surface area contributed by atoms with Crippen molar-refractivity contribution in [3.8, 4) is 0 Å². The summed E-state index contributed by atoms with van der Waals surface area (Å²) in [5.74, 6) is 5.13. The molecule has 0 saturated heterocycles. The highest BCUT2D eigenvalue weighted by molar-refractivity contribution is 6.31. The van der Waals surface area contributed by atoms with Crippen LogP contribution in [0.5, 0.6) is 0 Å². The van der Waals surface area contributed by atoms with E-state index in [4.69, 9.17) is 29.0 Å². The fraction of sp³-hybridized carbons (Fsp3) is 0.154. The van der Waals surface area contributed by atoms with Gasteiger partial charge in [-0.1, -0.05) is 29.3 Å². The summed E-state index contributed by atoms with van der Waals surface area (Å²) in [5, 5.41) is 0.824. The number of benzene rings is 1. The minimum absolute atomic E-state index is 0.263. The van der Waals surface area contributed by atoms with Gasteiger partial charge in [-0.15, -0.1) is 0 Å². The molecule has 0 spiro atoms. The van der Waals surface area contributed by atoms with Crippen molar-refractivity contribution in [3.05, 3.63) is 63.6 Å². The number of halogens is 3. The number of nitrogens with two attached hydrogens (primary N) is 1. The molecule has 0 fully saturated rings. The highest BCUT2D eigenvalue weighted by Gasteiger charge is 2.18. The maximum atomic E-state index is 13.8. The molecule has 0 saturated carbocycles. The lowest BCUT2D eigenvalue weighted by atomic mass is 10.0. The van der Waals surface area contributed by atoms with Gasteiger partial charge in [-0.2, -0.15) is 0 Å². The lowest BCUT2D eigenvalue weighted by Gasteiger charge is -2.17. The van der Waals surface area contributed by atoms with Gasteiger partial charge in [-0.05, 0) is 30.7 Å². The van der Waals surface area contributed by atoms with E-state index in [9.17, 15) is 4.39 Å². The van der Waals surface area contributed by atoms with Crippen LogP contribution in [-0.4, -0.2) is 4.98 Å². The number of hydrogen-bond acceptors (Lipinski definition) is 3. The fourth-order valence-electron chi connectivity index (χ4n) is 1.82. The molecule has 0 amide bonds. The van der Waals surface area contributed by atoms with Crippen molar-refractivity contribution in [1.29, 1.82) is 0 Å². The maximum absolute atomic E-state index is 13.8. The molecular weight excluding hydrogens is 288 g/mol. The lowest BCUT2D eigenvalue weighted by Crippen LogP contribution is -2.30. The molecule has 1 heterocycles. The van der Waals surface area contributed by atoms with Gasteiger partial charge >= 0.3 is 0 Å². The van der Waals surface area contributed by atoms with E-state index < -0.39 is 6.04 Å². The molecule has 3 nitrogen and oxygen atoms in total. The third-order valence-corrected chi connectivity index (χ3v) is 3.46. The van der Waals surface area contributed by atoms with Gasteiger partial charge in [0.15, 0.2) is 0 Å². The van der Waals surface area contributed by atoms with E-state index in [2.05, 4.69) is 10.4 Å². The van der Waals surface area contributed by atoms with Crippen molar-refractivity contribution in [3.63, 3.8) is 0 Å². The second-order valence-electron chi connectivity index (χ2n) is 3.99. The van der Waals surface area contributed by atoms with Gasteiger partial charge in [-0.3, -0.25) is 16.3 Å². The summed E-state index contributed by atoms with van der Waals surface area (Å²) in [6.45, 7) is 0. The van der Waals surface area contributed by atoms with Gasteiger partial charge < -0.3 is 0 Å². The Labute approximate surface area is 120 Å². The van der Waals surface area contributed by atoms with Crippen LogP contribution in [0.2, 0.25) is 10.0 Å². The Bertz CT molecular complexity index is 557. The van der Waals surface area contributed by atoms with Gasteiger partial charge in [-0.25, -0.2) is 4.39 Å². The largest absolute Gasteiger partial charge is 0.271 e. The van der Waals surface area contributed by atoms with Crippen LogP contribution >= 0.6 is 23.2 Å². The first kappa shape index (κ1) is 14.2. The Morgan fingerprint density at radius 3 is 2.58 bits per heavy atom. The molecule has 19 heavy (non-hydrogen) atoms. The lowest BCUT2D eigenvalue weighted by molar-refractivity contribution is 0.519. The zero-order valence-corrected chi connectivity index (χ0v) is 11.4. The van der Waals surface area contributed by atoms with E-state index in [1.807, 2.05) is 0 Å². The molecule has 0 aliphatic rings.